The average Bonchev–Trinajstić information content (AvgIpc) is 2.40. The molecule has 1 aromatic rings. The molecule has 0 saturated heterocycles. The highest BCUT2D eigenvalue weighted by atomic mass is 19.2. The highest BCUT2D eigenvalue weighted by molar-refractivity contribution is 5.94. The Morgan fingerprint density at radius 1 is 1.42 bits per heavy atom. The smallest absolute Gasteiger partial charge is 0.254 e. The third-order valence-electron chi connectivity index (χ3n) is 3.91. The Hall–Kier alpha value is -1.52. The molecule has 1 aromatic heterocycles. The minimum absolute atomic E-state index is 0.282. The molecule has 0 spiro atoms. The first-order valence-electron chi connectivity index (χ1n) is 6.67. The summed E-state index contributed by atoms with van der Waals surface area (Å²) >= 11 is 0. The van der Waals surface area contributed by atoms with E-state index in [-0.39, 0.29) is 5.56 Å². The van der Waals surface area contributed by atoms with Gasteiger partial charge in [-0.25, -0.2) is 9.37 Å². The van der Waals surface area contributed by atoms with Crippen LogP contribution in [0.2, 0.25) is 0 Å². The van der Waals surface area contributed by atoms with E-state index in [1.54, 1.807) is 0 Å². The molecule has 0 aromatic carbocycles. The van der Waals surface area contributed by atoms with Gasteiger partial charge in [-0.2, -0.15) is 4.39 Å². The summed E-state index contributed by atoms with van der Waals surface area (Å²) in [5, 5.41) is 2.69. The molecule has 2 rings (SSSR count). The van der Waals surface area contributed by atoms with Crippen molar-refractivity contribution in [2.45, 2.75) is 32.6 Å². The number of carbonyl (C=O) groups excluding carboxylic acids is 1. The van der Waals surface area contributed by atoms with Gasteiger partial charge < -0.3 is 5.32 Å². The van der Waals surface area contributed by atoms with E-state index in [1.807, 2.05) is 0 Å². The second kappa shape index (κ2) is 6.08. The van der Waals surface area contributed by atoms with E-state index in [4.69, 9.17) is 0 Å². The van der Waals surface area contributed by atoms with Gasteiger partial charge in [-0.05, 0) is 24.3 Å². The molecule has 19 heavy (non-hydrogen) atoms. The number of carbonyl (C=O) groups is 1. The van der Waals surface area contributed by atoms with Gasteiger partial charge in [0, 0.05) is 12.7 Å². The van der Waals surface area contributed by atoms with Gasteiger partial charge in [0.15, 0.2) is 5.82 Å². The molecule has 1 N–H and O–H groups in total. The Morgan fingerprint density at radius 3 is 2.89 bits per heavy atom. The summed E-state index contributed by atoms with van der Waals surface area (Å²) in [6.07, 6.45) is 5.74. The molecular weight excluding hydrogens is 250 g/mol. The first-order valence-corrected chi connectivity index (χ1v) is 6.67. The number of amides is 1. The third-order valence-corrected chi connectivity index (χ3v) is 3.91. The van der Waals surface area contributed by atoms with Gasteiger partial charge in [0.25, 0.3) is 5.91 Å². The summed E-state index contributed by atoms with van der Waals surface area (Å²) < 4.78 is 26.3. The van der Waals surface area contributed by atoms with Crippen molar-refractivity contribution >= 4 is 5.91 Å². The normalized spacial score (nSPS) is 23.1. The number of hydrogen-bond acceptors (Lipinski definition) is 2. The molecule has 104 valence electrons. The van der Waals surface area contributed by atoms with Crippen molar-refractivity contribution in [2.75, 3.05) is 6.54 Å². The van der Waals surface area contributed by atoms with Gasteiger partial charge in [0.2, 0.25) is 5.95 Å². The van der Waals surface area contributed by atoms with Crippen molar-refractivity contribution in [3.05, 3.63) is 29.6 Å². The van der Waals surface area contributed by atoms with Gasteiger partial charge in [0.05, 0.1) is 5.56 Å². The van der Waals surface area contributed by atoms with Crippen LogP contribution in [-0.4, -0.2) is 17.4 Å². The summed E-state index contributed by atoms with van der Waals surface area (Å²) in [5.41, 5.74) is -0.282. The molecule has 1 aliphatic rings. The van der Waals surface area contributed by atoms with Crippen LogP contribution in [0.4, 0.5) is 8.78 Å². The summed E-state index contributed by atoms with van der Waals surface area (Å²) in [4.78, 5) is 15.0. The van der Waals surface area contributed by atoms with Crippen LogP contribution in [0.25, 0.3) is 0 Å². The Kier molecular flexibility index (Phi) is 4.45. The maximum atomic E-state index is 13.4. The van der Waals surface area contributed by atoms with Gasteiger partial charge in [-0.3, -0.25) is 4.79 Å². The van der Waals surface area contributed by atoms with E-state index in [0.717, 1.165) is 12.6 Å². The first kappa shape index (κ1) is 13.9. The second-order valence-corrected chi connectivity index (χ2v) is 5.20. The van der Waals surface area contributed by atoms with E-state index >= 15 is 0 Å². The highest BCUT2D eigenvalue weighted by Crippen LogP contribution is 2.28. The van der Waals surface area contributed by atoms with Crippen LogP contribution >= 0.6 is 0 Å². The molecule has 0 aliphatic heterocycles. The molecule has 1 saturated carbocycles. The van der Waals surface area contributed by atoms with E-state index in [9.17, 15) is 13.6 Å². The quantitative estimate of drug-likeness (QED) is 0.856. The molecule has 1 aliphatic carbocycles. The van der Waals surface area contributed by atoms with Crippen molar-refractivity contribution in [2.24, 2.45) is 11.8 Å². The zero-order valence-electron chi connectivity index (χ0n) is 11.0. The fraction of sp³-hybridized carbons (Fsp3) is 0.571. The molecule has 1 amide bonds. The fourth-order valence-corrected chi connectivity index (χ4v) is 2.61. The first-order chi connectivity index (χ1) is 9.09. The van der Waals surface area contributed by atoms with Crippen LogP contribution in [0.1, 0.15) is 43.0 Å². The average molecular weight is 268 g/mol. The SMILES string of the molecule is CC1CCCCC1CNC(=O)c1ccnc(F)c1F. The third kappa shape index (κ3) is 3.28. The van der Waals surface area contributed by atoms with E-state index < -0.39 is 17.7 Å². The monoisotopic (exact) mass is 268 g/mol. The zero-order valence-corrected chi connectivity index (χ0v) is 11.0. The molecule has 1 fully saturated rings. The predicted molar refractivity (Wildman–Crippen MR) is 67.6 cm³/mol. The fourth-order valence-electron chi connectivity index (χ4n) is 2.61. The summed E-state index contributed by atoms with van der Waals surface area (Å²) in [7, 11) is 0. The maximum absolute atomic E-state index is 13.4. The summed E-state index contributed by atoms with van der Waals surface area (Å²) in [5.74, 6) is -2.01. The van der Waals surface area contributed by atoms with Crippen molar-refractivity contribution in [3.63, 3.8) is 0 Å². The number of nitrogens with zero attached hydrogens (tertiary/aromatic N) is 1. The number of aromatic nitrogens is 1. The molecule has 2 unspecified atom stereocenters. The van der Waals surface area contributed by atoms with E-state index in [1.165, 1.54) is 25.3 Å². The van der Waals surface area contributed by atoms with Crippen LogP contribution in [0.5, 0.6) is 0 Å². The number of pyridine rings is 1. The molecule has 0 radical (unpaired) electrons. The van der Waals surface area contributed by atoms with Crippen molar-refractivity contribution < 1.29 is 13.6 Å². The minimum atomic E-state index is -1.24. The standard InChI is InChI=1S/C14H18F2N2O/c1-9-4-2-3-5-10(9)8-18-14(19)11-6-7-17-13(16)12(11)15/h6-7,9-10H,2-5,8H2,1H3,(H,18,19). The Balaban J connectivity index is 1.95. The molecule has 3 nitrogen and oxygen atoms in total. The van der Waals surface area contributed by atoms with Crippen LogP contribution in [0.3, 0.4) is 0 Å². The lowest BCUT2D eigenvalue weighted by Crippen LogP contribution is -2.34. The zero-order chi connectivity index (χ0) is 13.8. The largest absolute Gasteiger partial charge is 0.352 e. The maximum Gasteiger partial charge on any atom is 0.254 e. The lowest BCUT2D eigenvalue weighted by molar-refractivity contribution is 0.0931. The van der Waals surface area contributed by atoms with Gasteiger partial charge in [0.1, 0.15) is 0 Å². The van der Waals surface area contributed by atoms with Crippen LogP contribution < -0.4 is 5.32 Å². The van der Waals surface area contributed by atoms with Gasteiger partial charge in [-0.1, -0.05) is 26.2 Å². The van der Waals surface area contributed by atoms with Gasteiger partial charge in [-0.15, -0.1) is 0 Å². The molecule has 1 heterocycles. The van der Waals surface area contributed by atoms with Gasteiger partial charge >= 0.3 is 0 Å². The van der Waals surface area contributed by atoms with E-state index in [2.05, 4.69) is 17.2 Å². The van der Waals surface area contributed by atoms with E-state index in [0.29, 0.717) is 18.4 Å². The Morgan fingerprint density at radius 2 is 2.16 bits per heavy atom. The number of halogens is 2. The molecule has 0 bridgehead atoms. The number of hydrogen-bond donors (Lipinski definition) is 1. The molecule has 2 atom stereocenters. The topological polar surface area (TPSA) is 42.0 Å². The van der Waals surface area contributed by atoms with Crippen LogP contribution in [0.15, 0.2) is 12.3 Å². The number of nitrogens with one attached hydrogen (secondary N) is 1. The van der Waals surface area contributed by atoms with Crippen LogP contribution in [0, 0.1) is 23.6 Å². The number of rotatable bonds is 3. The van der Waals surface area contributed by atoms with Crippen molar-refractivity contribution in [1.82, 2.24) is 10.3 Å². The Bertz CT molecular complexity index is 465. The summed E-state index contributed by atoms with van der Waals surface area (Å²) in [6.45, 7) is 2.69. The highest BCUT2D eigenvalue weighted by Gasteiger charge is 2.23. The van der Waals surface area contributed by atoms with Crippen molar-refractivity contribution in [1.29, 1.82) is 0 Å². The van der Waals surface area contributed by atoms with Crippen LogP contribution in [-0.2, 0) is 0 Å². The lowest BCUT2D eigenvalue weighted by atomic mass is 9.80. The van der Waals surface area contributed by atoms with Crippen molar-refractivity contribution in [3.8, 4) is 0 Å². The second-order valence-electron chi connectivity index (χ2n) is 5.20. The summed E-state index contributed by atoms with van der Waals surface area (Å²) in [6, 6.07) is 1.19. The minimum Gasteiger partial charge on any atom is -0.352 e. The predicted octanol–water partition coefficient (Wildman–Crippen LogP) is 2.92. The Labute approximate surface area is 111 Å². The molecular formula is C14H18F2N2O. The molecule has 5 heteroatoms. The lowest BCUT2D eigenvalue weighted by Gasteiger charge is -2.28.